The molecule has 0 spiro atoms. The highest BCUT2D eigenvalue weighted by Crippen LogP contribution is 2.10. The number of hydrogen-bond acceptors (Lipinski definition) is 4. The van der Waals surface area contributed by atoms with Crippen LogP contribution in [-0.4, -0.2) is 45.6 Å². The number of aromatic nitrogens is 2. The lowest BCUT2D eigenvalue weighted by Gasteiger charge is -2.26. The molecule has 7 heteroatoms. The summed E-state index contributed by atoms with van der Waals surface area (Å²) in [5.41, 5.74) is 0.941. The first-order valence-corrected chi connectivity index (χ1v) is 5.74. The Balaban J connectivity index is 1.95. The second-order valence-electron chi connectivity index (χ2n) is 4.30. The first-order valence-electron chi connectivity index (χ1n) is 5.74. The number of amides is 1. The van der Waals surface area contributed by atoms with Gasteiger partial charge in [-0.1, -0.05) is 0 Å². The first-order chi connectivity index (χ1) is 9.15. The van der Waals surface area contributed by atoms with Crippen LogP contribution in [0.5, 0.6) is 0 Å². The Morgan fingerprint density at radius 2 is 2.21 bits per heavy atom. The Hall–Kier alpha value is -2.41. The molecule has 1 saturated heterocycles. The number of fused-ring (bicyclic) bond motifs is 1. The van der Waals surface area contributed by atoms with Crippen LogP contribution < -0.4 is 5.32 Å². The zero-order chi connectivity index (χ0) is 13.4. The normalized spacial score (nSPS) is 15.2. The first kappa shape index (κ1) is 11.7. The number of carboxylic acid groups (broad SMARTS) is 1. The van der Waals surface area contributed by atoms with E-state index in [9.17, 15) is 9.59 Å². The lowest BCUT2D eigenvalue weighted by molar-refractivity contribution is -0.00356. The zero-order valence-corrected chi connectivity index (χ0v) is 9.87. The number of carbonyl (C=O) groups excluding carboxylic acids is 1. The standard InChI is InChI=1S/C12H11N3O4/c16-11(14-8-5-19-6-8)9-3-13-10-2-1-7(12(17)18)4-15(9)10/h1-4,8H,5-6H2,(H,14,16)(H,17,18). The minimum absolute atomic E-state index is 0.0145. The number of carbonyl (C=O) groups is 2. The minimum atomic E-state index is -1.05. The summed E-state index contributed by atoms with van der Waals surface area (Å²) in [5, 5.41) is 11.7. The molecule has 0 unspecified atom stereocenters. The molecule has 7 nitrogen and oxygen atoms in total. The molecule has 98 valence electrons. The van der Waals surface area contributed by atoms with Gasteiger partial charge in [0.05, 0.1) is 31.0 Å². The molecule has 0 bridgehead atoms. The van der Waals surface area contributed by atoms with Crippen molar-refractivity contribution in [2.24, 2.45) is 0 Å². The highest BCUT2D eigenvalue weighted by Gasteiger charge is 2.22. The van der Waals surface area contributed by atoms with Gasteiger partial charge >= 0.3 is 5.97 Å². The Bertz CT molecular complexity index is 660. The second-order valence-corrected chi connectivity index (χ2v) is 4.30. The Labute approximate surface area is 107 Å². The van der Waals surface area contributed by atoms with Crippen molar-refractivity contribution in [1.29, 1.82) is 0 Å². The Morgan fingerprint density at radius 1 is 1.42 bits per heavy atom. The van der Waals surface area contributed by atoms with E-state index < -0.39 is 5.97 Å². The molecule has 0 radical (unpaired) electrons. The van der Waals surface area contributed by atoms with Crippen LogP contribution in [0.3, 0.4) is 0 Å². The lowest BCUT2D eigenvalue weighted by Crippen LogP contribution is -2.48. The number of ether oxygens (including phenoxy) is 1. The van der Waals surface area contributed by atoms with Crippen molar-refractivity contribution in [2.75, 3.05) is 13.2 Å². The molecule has 3 rings (SSSR count). The van der Waals surface area contributed by atoms with Crippen LogP contribution in [0, 0.1) is 0 Å². The van der Waals surface area contributed by atoms with Crippen molar-refractivity contribution in [1.82, 2.24) is 14.7 Å². The summed E-state index contributed by atoms with van der Waals surface area (Å²) in [6.07, 6.45) is 2.81. The van der Waals surface area contributed by atoms with E-state index in [-0.39, 0.29) is 17.5 Å². The van der Waals surface area contributed by atoms with E-state index in [0.717, 1.165) is 0 Å². The molecule has 3 heterocycles. The fourth-order valence-corrected chi connectivity index (χ4v) is 1.85. The van der Waals surface area contributed by atoms with Crippen molar-refractivity contribution < 1.29 is 19.4 Å². The second kappa shape index (κ2) is 4.36. The van der Waals surface area contributed by atoms with E-state index in [1.807, 2.05) is 0 Å². The molecule has 0 aliphatic carbocycles. The summed E-state index contributed by atoms with van der Waals surface area (Å²) in [6, 6.07) is 3.03. The van der Waals surface area contributed by atoms with Crippen LogP contribution in [0.4, 0.5) is 0 Å². The van der Waals surface area contributed by atoms with Gasteiger partial charge in [-0.3, -0.25) is 9.20 Å². The molecule has 19 heavy (non-hydrogen) atoms. The number of carboxylic acids is 1. The highest BCUT2D eigenvalue weighted by atomic mass is 16.5. The monoisotopic (exact) mass is 261 g/mol. The molecule has 0 atom stereocenters. The van der Waals surface area contributed by atoms with Crippen molar-refractivity contribution >= 4 is 17.5 Å². The van der Waals surface area contributed by atoms with E-state index in [2.05, 4.69) is 10.3 Å². The summed E-state index contributed by atoms with van der Waals surface area (Å²) in [4.78, 5) is 27.0. The Kier molecular flexibility index (Phi) is 2.68. The molecule has 2 N–H and O–H groups in total. The zero-order valence-electron chi connectivity index (χ0n) is 9.87. The molecule has 1 aliphatic heterocycles. The van der Waals surface area contributed by atoms with Crippen LogP contribution in [0.15, 0.2) is 24.5 Å². The van der Waals surface area contributed by atoms with E-state index in [4.69, 9.17) is 9.84 Å². The molecule has 2 aromatic rings. The number of nitrogens with one attached hydrogen (secondary N) is 1. The Morgan fingerprint density at radius 3 is 2.84 bits per heavy atom. The van der Waals surface area contributed by atoms with Crippen molar-refractivity contribution in [3.63, 3.8) is 0 Å². The predicted octanol–water partition coefficient (Wildman–Crippen LogP) is 0.161. The highest BCUT2D eigenvalue weighted by molar-refractivity contribution is 5.94. The molecule has 0 aromatic carbocycles. The van der Waals surface area contributed by atoms with Gasteiger partial charge in [0, 0.05) is 6.20 Å². The number of imidazole rings is 1. The largest absolute Gasteiger partial charge is 0.478 e. The van der Waals surface area contributed by atoms with Gasteiger partial charge in [0.15, 0.2) is 0 Å². The molecule has 1 aliphatic rings. The molecule has 2 aromatic heterocycles. The average Bonchev–Trinajstić information content (AvgIpc) is 2.76. The third-order valence-electron chi connectivity index (χ3n) is 2.96. The fraction of sp³-hybridized carbons (Fsp3) is 0.250. The van der Waals surface area contributed by atoms with Crippen molar-refractivity contribution in [3.8, 4) is 0 Å². The van der Waals surface area contributed by atoms with Gasteiger partial charge in [-0.2, -0.15) is 0 Å². The van der Waals surface area contributed by atoms with Crippen LogP contribution in [-0.2, 0) is 4.74 Å². The van der Waals surface area contributed by atoms with E-state index >= 15 is 0 Å². The summed E-state index contributed by atoms with van der Waals surface area (Å²) in [6.45, 7) is 1.01. The molecular weight excluding hydrogens is 250 g/mol. The number of nitrogens with zero attached hydrogens (tertiary/aromatic N) is 2. The number of hydrogen-bond donors (Lipinski definition) is 2. The van der Waals surface area contributed by atoms with E-state index in [0.29, 0.717) is 24.6 Å². The van der Waals surface area contributed by atoms with Gasteiger partial charge in [0.1, 0.15) is 11.3 Å². The summed E-state index contributed by atoms with van der Waals surface area (Å²) in [7, 11) is 0. The molecule has 1 fully saturated rings. The van der Waals surface area contributed by atoms with Crippen LogP contribution in [0.1, 0.15) is 20.8 Å². The smallest absolute Gasteiger partial charge is 0.337 e. The number of rotatable bonds is 3. The number of aromatic carboxylic acids is 1. The van der Waals surface area contributed by atoms with Gasteiger partial charge in [-0.15, -0.1) is 0 Å². The van der Waals surface area contributed by atoms with Gasteiger partial charge in [0.25, 0.3) is 5.91 Å². The summed E-state index contributed by atoms with van der Waals surface area (Å²) in [5.74, 6) is -1.34. The molecular formula is C12H11N3O4. The average molecular weight is 261 g/mol. The molecule has 1 amide bonds. The third kappa shape index (κ3) is 2.04. The van der Waals surface area contributed by atoms with Crippen LogP contribution >= 0.6 is 0 Å². The molecule has 0 saturated carbocycles. The maximum absolute atomic E-state index is 12.0. The SMILES string of the molecule is O=C(O)c1ccc2ncc(C(=O)NC3COC3)n2c1. The van der Waals surface area contributed by atoms with Gasteiger partial charge < -0.3 is 15.2 Å². The third-order valence-corrected chi connectivity index (χ3v) is 2.96. The van der Waals surface area contributed by atoms with Crippen LogP contribution in [0.25, 0.3) is 5.65 Å². The quantitative estimate of drug-likeness (QED) is 0.821. The summed E-state index contributed by atoms with van der Waals surface area (Å²) < 4.78 is 6.45. The predicted molar refractivity (Wildman–Crippen MR) is 64.2 cm³/mol. The van der Waals surface area contributed by atoms with Crippen molar-refractivity contribution in [3.05, 3.63) is 35.8 Å². The van der Waals surface area contributed by atoms with Gasteiger partial charge in [0.2, 0.25) is 0 Å². The van der Waals surface area contributed by atoms with Crippen LogP contribution in [0.2, 0.25) is 0 Å². The van der Waals surface area contributed by atoms with Gasteiger partial charge in [-0.25, -0.2) is 9.78 Å². The topological polar surface area (TPSA) is 92.9 Å². The van der Waals surface area contributed by atoms with Crippen molar-refractivity contribution in [2.45, 2.75) is 6.04 Å². The van der Waals surface area contributed by atoms with E-state index in [1.165, 1.54) is 22.9 Å². The maximum atomic E-state index is 12.0. The minimum Gasteiger partial charge on any atom is -0.478 e. The summed E-state index contributed by atoms with van der Waals surface area (Å²) >= 11 is 0. The lowest BCUT2D eigenvalue weighted by atomic mass is 10.2. The number of pyridine rings is 1. The van der Waals surface area contributed by atoms with E-state index in [1.54, 1.807) is 6.07 Å². The van der Waals surface area contributed by atoms with Gasteiger partial charge in [-0.05, 0) is 12.1 Å². The fourth-order valence-electron chi connectivity index (χ4n) is 1.85. The maximum Gasteiger partial charge on any atom is 0.337 e.